The number of esters is 1. The van der Waals surface area contributed by atoms with Crippen LogP contribution in [0.4, 0.5) is 22.2 Å². The quantitative estimate of drug-likeness (QED) is 0.00860. The second-order valence-corrected chi connectivity index (χ2v) is 17.4. The number of amides is 2. The van der Waals surface area contributed by atoms with E-state index in [1.807, 2.05) is 48.5 Å². The van der Waals surface area contributed by atoms with Gasteiger partial charge < -0.3 is 62.1 Å². The van der Waals surface area contributed by atoms with Gasteiger partial charge in [0.05, 0.1) is 38.5 Å². The number of nitrogen functional groups attached to an aromatic ring is 3. The number of halogens is 2. The zero-order chi connectivity index (χ0) is 53.5. The first-order chi connectivity index (χ1) is 35.7. The fraction of sp³-hybridized carbons (Fsp3) is 0.480. The minimum absolute atomic E-state index is 0.0123. The molecule has 0 radical (unpaired) electrons. The van der Waals surface area contributed by atoms with Gasteiger partial charge in [-0.25, -0.2) is 24.7 Å². The van der Waals surface area contributed by atoms with Crippen LogP contribution < -0.4 is 43.0 Å². The Hall–Kier alpha value is -6.88. The number of nitrogens with two attached hydrogens (primary N) is 4. The van der Waals surface area contributed by atoms with Gasteiger partial charge in [0.25, 0.3) is 5.91 Å². The SMILES string of the molecule is Cc1nc(N)c(C(=O)CC(=N)CCCCCc2ccc(OCCOCCOC(=O)NCCCCCC(=O)OCCOCCOc3ccc(CCCCN=C(N)NC(=O)c4nc(Cl)c(N)nc4N)cc3)cc2)nc1Cl. The predicted molar refractivity (Wildman–Crippen MR) is 282 cm³/mol. The second kappa shape index (κ2) is 33.8. The number of aryl methyl sites for hydroxylation is 3. The second-order valence-electron chi connectivity index (χ2n) is 16.7. The van der Waals surface area contributed by atoms with Gasteiger partial charge in [0, 0.05) is 25.2 Å². The molecule has 0 bridgehead atoms. The number of aromatic nitrogens is 4. The number of hydrogen-bond donors (Lipinski definition) is 7. The Kier molecular flexibility index (Phi) is 27.2. The molecule has 0 saturated carbocycles. The van der Waals surface area contributed by atoms with Crippen LogP contribution in [0, 0.1) is 12.3 Å². The molecular weight excluding hydrogens is 1000 g/mol. The van der Waals surface area contributed by atoms with Crippen LogP contribution in [-0.2, 0) is 36.6 Å². The van der Waals surface area contributed by atoms with Crippen LogP contribution in [0.25, 0.3) is 0 Å². The molecular formula is C50H68Cl2N12O10. The number of anilines is 3. The molecule has 24 heteroatoms. The van der Waals surface area contributed by atoms with Gasteiger partial charge in [-0.3, -0.25) is 24.7 Å². The van der Waals surface area contributed by atoms with Crippen LogP contribution in [0.1, 0.15) is 108 Å². The van der Waals surface area contributed by atoms with Crippen molar-refractivity contribution < 1.29 is 47.6 Å². The third-order valence-electron chi connectivity index (χ3n) is 10.8. The van der Waals surface area contributed by atoms with E-state index >= 15 is 0 Å². The Labute approximate surface area is 440 Å². The molecule has 22 nitrogen and oxygen atoms in total. The number of nitrogens with zero attached hydrogens (tertiary/aromatic N) is 5. The number of alkyl carbamates (subject to hydrolysis) is 1. The normalized spacial score (nSPS) is 11.2. The number of ketones is 1. The van der Waals surface area contributed by atoms with Crippen molar-refractivity contribution in [2.24, 2.45) is 10.7 Å². The minimum Gasteiger partial charge on any atom is -0.491 e. The number of rotatable bonds is 35. The molecule has 0 aliphatic heterocycles. The number of carbonyl (C=O) groups is 4. The van der Waals surface area contributed by atoms with Crippen molar-refractivity contribution >= 4 is 76.1 Å². The maximum absolute atomic E-state index is 12.5. The highest BCUT2D eigenvalue weighted by atomic mass is 35.5. The molecule has 0 spiro atoms. The van der Waals surface area contributed by atoms with Crippen molar-refractivity contribution in [3.8, 4) is 11.5 Å². The van der Waals surface area contributed by atoms with E-state index < -0.39 is 12.0 Å². The Morgan fingerprint density at radius 2 is 1.18 bits per heavy atom. The third kappa shape index (κ3) is 23.8. The largest absolute Gasteiger partial charge is 0.491 e. The average Bonchev–Trinajstić information content (AvgIpc) is 3.37. The average molecular weight is 1070 g/mol. The molecule has 0 fully saturated rings. The fourth-order valence-corrected chi connectivity index (χ4v) is 7.09. The van der Waals surface area contributed by atoms with Crippen molar-refractivity contribution in [3.63, 3.8) is 0 Å². The molecule has 0 unspecified atom stereocenters. The maximum Gasteiger partial charge on any atom is 0.407 e. The van der Waals surface area contributed by atoms with Gasteiger partial charge in [0.1, 0.15) is 37.9 Å². The molecule has 2 amide bonds. The molecule has 4 aromatic rings. The first kappa shape index (κ1) is 59.7. The van der Waals surface area contributed by atoms with Crippen molar-refractivity contribution in [1.29, 1.82) is 5.41 Å². The number of nitrogens with one attached hydrogen (secondary N) is 3. The van der Waals surface area contributed by atoms with E-state index in [4.69, 9.17) is 80.0 Å². The topological polar surface area (TPSA) is 340 Å². The number of Topliss-reactive ketones (excluding diaryl/α,β-unsaturated/α-hetero) is 1. The molecule has 11 N–H and O–H groups in total. The Balaban J connectivity index is 0.877. The smallest absolute Gasteiger partial charge is 0.407 e. The summed E-state index contributed by atoms with van der Waals surface area (Å²) in [6, 6.07) is 15.6. The first-order valence-electron chi connectivity index (χ1n) is 24.4. The monoisotopic (exact) mass is 1070 g/mol. The molecule has 2 aromatic carbocycles. The molecule has 74 heavy (non-hydrogen) atoms. The van der Waals surface area contributed by atoms with E-state index in [2.05, 4.69) is 35.6 Å². The van der Waals surface area contributed by atoms with E-state index in [0.717, 1.165) is 62.7 Å². The summed E-state index contributed by atoms with van der Waals surface area (Å²) in [4.78, 5) is 68.7. The Morgan fingerprint density at radius 3 is 1.82 bits per heavy atom. The highest BCUT2D eigenvalue weighted by Crippen LogP contribution is 2.20. The summed E-state index contributed by atoms with van der Waals surface area (Å²) >= 11 is 11.8. The van der Waals surface area contributed by atoms with Crippen LogP contribution in [0.15, 0.2) is 53.5 Å². The van der Waals surface area contributed by atoms with Crippen LogP contribution in [-0.4, -0.2) is 121 Å². The zero-order valence-corrected chi connectivity index (χ0v) is 43.3. The summed E-state index contributed by atoms with van der Waals surface area (Å²) in [6.07, 6.45) is 8.22. The van der Waals surface area contributed by atoms with E-state index in [1.54, 1.807) is 6.92 Å². The summed E-state index contributed by atoms with van der Waals surface area (Å²) in [7, 11) is 0. The van der Waals surface area contributed by atoms with Crippen LogP contribution >= 0.6 is 23.2 Å². The zero-order valence-electron chi connectivity index (χ0n) is 41.8. The number of unbranched alkanes of at least 4 members (excludes halogenated alkanes) is 5. The summed E-state index contributed by atoms with van der Waals surface area (Å²) in [5, 5.41) is 13.3. The summed E-state index contributed by atoms with van der Waals surface area (Å²) in [5.41, 5.74) is 25.8. The standard InChI is InChI=1S/C50H68Cl2N12O10/c1-33-43(51)61-41(45(54)60-33)39(65)32-36(53)12-5-2-4-10-34-14-18-37(19-15-34)72-29-25-70-27-31-74-50(68)59-23-8-3-6-13-40(66)73-30-26-69-24-28-71-38-20-16-35(17-21-38)11-7-9-22-58-49(57)64-48(67)42-46(55)63-47(56)44(52)62-42/h14-21,53H,2-13,22-32H2,1H3,(H2,54,60)(H,59,68)(H4,55,56,63)(H3,57,58,64,67). The molecule has 0 aliphatic carbocycles. The minimum atomic E-state index is -0.691. The number of hydrogen-bond acceptors (Lipinski definition) is 19. The maximum atomic E-state index is 12.5. The van der Waals surface area contributed by atoms with Crippen LogP contribution in [0.2, 0.25) is 10.3 Å². The van der Waals surface area contributed by atoms with E-state index in [1.165, 1.54) is 5.56 Å². The molecule has 4 rings (SSSR count). The van der Waals surface area contributed by atoms with E-state index in [-0.39, 0.29) is 96.1 Å². The molecule has 0 atom stereocenters. The summed E-state index contributed by atoms with van der Waals surface area (Å²) < 4.78 is 32.9. The molecule has 2 aromatic heterocycles. The van der Waals surface area contributed by atoms with Crippen LogP contribution in [0.5, 0.6) is 11.5 Å². The number of carbonyl (C=O) groups excluding carboxylic acids is 4. The molecule has 0 aliphatic rings. The van der Waals surface area contributed by atoms with Crippen molar-refractivity contribution in [2.45, 2.75) is 90.4 Å². The highest BCUT2D eigenvalue weighted by Gasteiger charge is 2.18. The first-order valence-corrected chi connectivity index (χ1v) is 25.2. The van der Waals surface area contributed by atoms with Crippen LogP contribution in [0.3, 0.4) is 0 Å². The van der Waals surface area contributed by atoms with Gasteiger partial charge in [-0.05, 0) is 100 Å². The molecule has 402 valence electrons. The Morgan fingerprint density at radius 1 is 0.622 bits per heavy atom. The summed E-state index contributed by atoms with van der Waals surface area (Å²) in [5.74, 6) is -0.214. The van der Waals surface area contributed by atoms with Gasteiger partial charge in [-0.2, -0.15) is 0 Å². The van der Waals surface area contributed by atoms with Crippen molar-refractivity contribution in [1.82, 2.24) is 30.6 Å². The number of benzene rings is 2. The van der Waals surface area contributed by atoms with E-state index in [0.29, 0.717) is 75.9 Å². The van der Waals surface area contributed by atoms with Gasteiger partial charge >= 0.3 is 12.1 Å². The highest BCUT2D eigenvalue weighted by molar-refractivity contribution is 6.32. The lowest BCUT2D eigenvalue weighted by molar-refractivity contribution is -0.145. The lowest BCUT2D eigenvalue weighted by Gasteiger charge is -2.10. The van der Waals surface area contributed by atoms with Gasteiger partial charge in [0.2, 0.25) is 0 Å². The summed E-state index contributed by atoms with van der Waals surface area (Å²) in [6.45, 7) is 4.58. The third-order valence-corrected chi connectivity index (χ3v) is 11.4. The number of ether oxygens (including phenoxy) is 6. The lowest BCUT2D eigenvalue weighted by atomic mass is 10.0. The predicted octanol–water partition coefficient (Wildman–Crippen LogP) is 6.41. The van der Waals surface area contributed by atoms with Gasteiger partial charge in [-0.1, -0.05) is 60.3 Å². The van der Waals surface area contributed by atoms with E-state index in [9.17, 15) is 19.2 Å². The van der Waals surface area contributed by atoms with Crippen molar-refractivity contribution in [2.75, 3.05) is 83.1 Å². The van der Waals surface area contributed by atoms with Gasteiger partial charge in [0.15, 0.2) is 50.9 Å². The lowest BCUT2D eigenvalue weighted by Crippen LogP contribution is -2.38. The number of guanidine groups is 1. The van der Waals surface area contributed by atoms with Gasteiger partial charge in [-0.15, -0.1) is 0 Å². The molecule has 2 heterocycles. The Bertz CT molecular complexity index is 2450. The fourth-order valence-electron chi connectivity index (χ4n) is 6.83. The number of aliphatic imine (C=N–C) groups is 1. The molecule has 0 saturated heterocycles. The van der Waals surface area contributed by atoms with Crippen molar-refractivity contribution in [3.05, 3.63) is 87.0 Å².